The van der Waals surface area contributed by atoms with E-state index in [-0.39, 0.29) is 12.1 Å². The molecule has 1 unspecified atom stereocenters. The lowest BCUT2D eigenvalue weighted by molar-refractivity contribution is 0.158. The Bertz CT molecular complexity index is 470. The van der Waals surface area contributed by atoms with E-state index in [1.54, 1.807) is 7.11 Å². The minimum atomic E-state index is 0.00319. The number of aryl methyl sites for hydroxylation is 1. The largest absolute Gasteiger partial charge is 0.383 e. The van der Waals surface area contributed by atoms with Gasteiger partial charge in [-0.05, 0) is 31.5 Å². The van der Waals surface area contributed by atoms with E-state index in [2.05, 4.69) is 41.4 Å². The second-order valence-corrected chi connectivity index (χ2v) is 5.62. The van der Waals surface area contributed by atoms with Crippen molar-refractivity contribution in [1.82, 2.24) is 10.2 Å². The molecule has 1 aromatic carbocycles. The number of piperazine rings is 1. The van der Waals surface area contributed by atoms with Crippen LogP contribution in [0.5, 0.6) is 0 Å². The average Bonchev–Trinajstić information content (AvgIpc) is 2.47. The fourth-order valence-electron chi connectivity index (χ4n) is 2.59. The fourth-order valence-corrected chi connectivity index (χ4v) is 2.59. The number of carbonyl (C=O) groups excluding carboxylic acids is 1. The van der Waals surface area contributed by atoms with Crippen LogP contribution in [0.2, 0.25) is 0 Å². The van der Waals surface area contributed by atoms with Crippen LogP contribution in [0.15, 0.2) is 24.3 Å². The summed E-state index contributed by atoms with van der Waals surface area (Å²) in [5.41, 5.74) is 2.50. The van der Waals surface area contributed by atoms with Crippen molar-refractivity contribution >= 4 is 11.7 Å². The van der Waals surface area contributed by atoms with Crippen molar-refractivity contribution in [2.75, 3.05) is 44.8 Å². The lowest BCUT2D eigenvalue weighted by Gasteiger charge is -2.36. The Kier molecular flexibility index (Phi) is 5.44. The number of methoxy groups -OCH3 is 1. The van der Waals surface area contributed by atoms with E-state index in [0.717, 1.165) is 26.2 Å². The molecule has 0 saturated carbocycles. The second kappa shape index (κ2) is 7.31. The standard InChI is InChI=1S/C16H25N3O2/c1-13-5-4-6-15(11-13)18-7-9-19(10-8-18)16(20)17-14(2)12-21-3/h4-6,11,14H,7-10,12H2,1-3H3,(H,17,20). The van der Waals surface area contributed by atoms with Crippen LogP contribution in [-0.4, -0.2) is 56.9 Å². The number of urea groups is 1. The Hall–Kier alpha value is -1.75. The number of nitrogens with zero attached hydrogens (tertiary/aromatic N) is 2. The summed E-state index contributed by atoms with van der Waals surface area (Å²) in [6, 6.07) is 8.54. The van der Waals surface area contributed by atoms with Gasteiger partial charge in [0, 0.05) is 39.0 Å². The zero-order valence-electron chi connectivity index (χ0n) is 13.1. The van der Waals surface area contributed by atoms with Crippen molar-refractivity contribution in [2.45, 2.75) is 19.9 Å². The molecule has 0 bridgehead atoms. The van der Waals surface area contributed by atoms with Gasteiger partial charge in [0.05, 0.1) is 12.6 Å². The second-order valence-electron chi connectivity index (χ2n) is 5.62. The summed E-state index contributed by atoms with van der Waals surface area (Å²) in [6.45, 7) is 7.83. The number of ether oxygens (including phenoxy) is 1. The highest BCUT2D eigenvalue weighted by Crippen LogP contribution is 2.17. The third-order valence-electron chi connectivity index (χ3n) is 3.72. The van der Waals surface area contributed by atoms with Gasteiger partial charge in [-0.25, -0.2) is 4.79 Å². The molecule has 5 nitrogen and oxygen atoms in total. The summed E-state index contributed by atoms with van der Waals surface area (Å²) in [7, 11) is 1.64. The summed E-state index contributed by atoms with van der Waals surface area (Å²) in [5, 5.41) is 2.96. The van der Waals surface area contributed by atoms with Gasteiger partial charge in [-0.15, -0.1) is 0 Å². The maximum atomic E-state index is 12.1. The molecule has 21 heavy (non-hydrogen) atoms. The minimum absolute atomic E-state index is 0.00319. The van der Waals surface area contributed by atoms with E-state index in [0.29, 0.717) is 6.61 Å². The Morgan fingerprint density at radius 1 is 1.33 bits per heavy atom. The molecule has 1 N–H and O–H groups in total. The van der Waals surface area contributed by atoms with E-state index in [1.807, 2.05) is 11.8 Å². The van der Waals surface area contributed by atoms with Gasteiger partial charge in [-0.2, -0.15) is 0 Å². The van der Waals surface area contributed by atoms with E-state index in [4.69, 9.17) is 4.74 Å². The number of nitrogens with one attached hydrogen (secondary N) is 1. The van der Waals surface area contributed by atoms with Gasteiger partial charge in [0.2, 0.25) is 0 Å². The van der Waals surface area contributed by atoms with Gasteiger partial charge in [-0.1, -0.05) is 12.1 Å². The molecule has 1 saturated heterocycles. The average molecular weight is 291 g/mol. The van der Waals surface area contributed by atoms with Gasteiger partial charge in [0.15, 0.2) is 0 Å². The molecule has 116 valence electrons. The summed E-state index contributed by atoms with van der Waals surface area (Å²) in [6.07, 6.45) is 0. The first-order valence-electron chi connectivity index (χ1n) is 7.46. The molecular formula is C16H25N3O2. The molecule has 1 aromatic rings. The highest BCUT2D eigenvalue weighted by Gasteiger charge is 2.22. The molecular weight excluding hydrogens is 266 g/mol. The van der Waals surface area contributed by atoms with E-state index in [1.165, 1.54) is 11.3 Å². The summed E-state index contributed by atoms with van der Waals surface area (Å²) in [4.78, 5) is 16.3. The SMILES string of the molecule is COCC(C)NC(=O)N1CCN(c2cccc(C)c2)CC1. The first-order valence-corrected chi connectivity index (χ1v) is 7.46. The zero-order valence-corrected chi connectivity index (χ0v) is 13.1. The molecule has 1 atom stereocenters. The van der Waals surface area contributed by atoms with Crippen molar-refractivity contribution in [3.8, 4) is 0 Å². The molecule has 0 spiro atoms. The van der Waals surface area contributed by atoms with Gasteiger partial charge in [-0.3, -0.25) is 0 Å². The quantitative estimate of drug-likeness (QED) is 0.921. The first kappa shape index (κ1) is 15.6. The highest BCUT2D eigenvalue weighted by atomic mass is 16.5. The molecule has 0 aromatic heterocycles. The Balaban J connectivity index is 1.84. The van der Waals surface area contributed by atoms with Crippen molar-refractivity contribution in [2.24, 2.45) is 0 Å². The van der Waals surface area contributed by atoms with Crippen molar-refractivity contribution in [3.63, 3.8) is 0 Å². The molecule has 0 radical (unpaired) electrons. The van der Waals surface area contributed by atoms with Crippen LogP contribution in [-0.2, 0) is 4.74 Å². The van der Waals surface area contributed by atoms with Crippen LogP contribution >= 0.6 is 0 Å². The summed E-state index contributed by atoms with van der Waals surface area (Å²) in [5.74, 6) is 0. The summed E-state index contributed by atoms with van der Waals surface area (Å²) < 4.78 is 5.04. The normalized spacial score (nSPS) is 16.7. The predicted octanol–water partition coefficient (Wildman–Crippen LogP) is 1.86. The molecule has 2 rings (SSSR count). The number of carbonyl (C=O) groups is 1. The predicted molar refractivity (Wildman–Crippen MR) is 84.8 cm³/mol. The highest BCUT2D eigenvalue weighted by molar-refractivity contribution is 5.74. The maximum absolute atomic E-state index is 12.1. The number of amides is 2. The monoisotopic (exact) mass is 291 g/mol. The third-order valence-corrected chi connectivity index (χ3v) is 3.72. The topological polar surface area (TPSA) is 44.8 Å². The lowest BCUT2D eigenvalue weighted by Crippen LogP contribution is -2.53. The third kappa shape index (κ3) is 4.36. The molecule has 0 aliphatic carbocycles. The van der Waals surface area contributed by atoms with Crippen LogP contribution in [0.1, 0.15) is 12.5 Å². The van der Waals surface area contributed by atoms with Crippen LogP contribution in [0.4, 0.5) is 10.5 Å². The van der Waals surface area contributed by atoms with Crippen molar-refractivity contribution < 1.29 is 9.53 Å². The lowest BCUT2D eigenvalue weighted by atomic mass is 10.2. The Morgan fingerprint density at radius 3 is 2.67 bits per heavy atom. The number of rotatable bonds is 4. The van der Waals surface area contributed by atoms with Gasteiger partial charge in [0.1, 0.15) is 0 Å². The molecule has 1 aliphatic heterocycles. The van der Waals surface area contributed by atoms with Crippen LogP contribution in [0.3, 0.4) is 0 Å². The van der Waals surface area contributed by atoms with Gasteiger partial charge in [0.25, 0.3) is 0 Å². The summed E-state index contributed by atoms with van der Waals surface area (Å²) >= 11 is 0. The molecule has 1 aliphatic rings. The minimum Gasteiger partial charge on any atom is -0.383 e. The van der Waals surface area contributed by atoms with Gasteiger partial charge < -0.3 is 19.9 Å². The van der Waals surface area contributed by atoms with Crippen LogP contribution in [0, 0.1) is 6.92 Å². The molecule has 1 fully saturated rings. The molecule has 2 amide bonds. The van der Waals surface area contributed by atoms with E-state index >= 15 is 0 Å². The Labute approximate surface area is 126 Å². The van der Waals surface area contributed by atoms with Crippen LogP contribution < -0.4 is 10.2 Å². The van der Waals surface area contributed by atoms with Crippen LogP contribution in [0.25, 0.3) is 0 Å². The molecule has 5 heteroatoms. The number of anilines is 1. The molecule has 1 heterocycles. The van der Waals surface area contributed by atoms with E-state index in [9.17, 15) is 4.79 Å². The Morgan fingerprint density at radius 2 is 2.05 bits per heavy atom. The van der Waals surface area contributed by atoms with Gasteiger partial charge >= 0.3 is 6.03 Å². The zero-order chi connectivity index (χ0) is 15.2. The smallest absolute Gasteiger partial charge is 0.317 e. The van der Waals surface area contributed by atoms with Crippen molar-refractivity contribution in [1.29, 1.82) is 0 Å². The number of hydrogen-bond acceptors (Lipinski definition) is 3. The van der Waals surface area contributed by atoms with E-state index < -0.39 is 0 Å². The first-order chi connectivity index (χ1) is 10.1. The number of hydrogen-bond donors (Lipinski definition) is 1. The van der Waals surface area contributed by atoms with Crippen molar-refractivity contribution in [3.05, 3.63) is 29.8 Å². The maximum Gasteiger partial charge on any atom is 0.317 e. The fraction of sp³-hybridized carbons (Fsp3) is 0.562. The number of benzene rings is 1.